The van der Waals surface area contributed by atoms with E-state index < -0.39 is 6.36 Å². The summed E-state index contributed by atoms with van der Waals surface area (Å²) >= 11 is 0. The highest BCUT2D eigenvalue weighted by Crippen LogP contribution is 2.42. The van der Waals surface area contributed by atoms with Gasteiger partial charge in [0, 0.05) is 1.43 Å². The van der Waals surface area contributed by atoms with Crippen LogP contribution in [-0.2, 0) is 0 Å². The van der Waals surface area contributed by atoms with Crippen molar-refractivity contribution < 1.29 is 19.3 Å². The van der Waals surface area contributed by atoms with Crippen molar-refractivity contribution in [2.75, 3.05) is 0 Å². The number of unbranched alkanes of at least 4 members (excludes halogenated alkanes) is 1. The molecule has 1 saturated carbocycles. The van der Waals surface area contributed by atoms with Gasteiger partial charge < -0.3 is 4.74 Å². The van der Waals surface area contributed by atoms with Crippen molar-refractivity contribution in [3.05, 3.63) is 48.6 Å². The number of halogens is 3. The molecule has 0 spiro atoms. The third-order valence-corrected chi connectivity index (χ3v) is 6.49. The van der Waals surface area contributed by atoms with E-state index >= 15 is 0 Å². The molecule has 1 aromatic carbocycles. The fraction of sp³-hybridized carbons (Fsp3) is 0.583. The number of rotatable bonds is 7. The van der Waals surface area contributed by atoms with Crippen LogP contribution in [-0.4, -0.2) is 6.36 Å². The molecule has 0 radical (unpaired) electrons. The predicted molar refractivity (Wildman–Crippen MR) is 110 cm³/mol. The number of benzene rings is 1. The van der Waals surface area contributed by atoms with E-state index in [2.05, 4.69) is 17.4 Å². The minimum absolute atomic E-state index is 0. The van der Waals surface area contributed by atoms with Crippen molar-refractivity contribution in [3.8, 4) is 5.75 Å². The van der Waals surface area contributed by atoms with Gasteiger partial charge in [0.05, 0.1) is 0 Å². The summed E-state index contributed by atoms with van der Waals surface area (Å²) in [4.78, 5) is 0. The molecule has 1 unspecified atom stereocenters. The summed E-state index contributed by atoms with van der Waals surface area (Å²) in [6.07, 6.45) is 12.2. The van der Waals surface area contributed by atoms with E-state index in [4.69, 9.17) is 0 Å². The summed E-state index contributed by atoms with van der Waals surface area (Å²) in [7, 11) is 0. The fourth-order valence-corrected chi connectivity index (χ4v) is 4.91. The van der Waals surface area contributed by atoms with Gasteiger partial charge in [-0.05, 0) is 86.0 Å². The van der Waals surface area contributed by atoms with Crippen molar-refractivity contribution in [3.63, 3.8) is 0 Å². The molecule has 1 fully saturated rings. The maximum atomic E-state index is 12.3. The van der Waals surface area contributed by atoms with E-state index in [-0.39, 0.29) is 7.18 Å². The summed E-state index contributed by atoms with van der Waals surface area (Å²) in [5.74, 6) is 2.36. The summed E-state index contributed by atoms with van der Waals surface area (Å²) in [6, 6.07) is 6.29. The molecule has 156 valence electrons. The highest BCUT2D eigenvalue weighted by atomic mass is 19.4. The molecule has 0 amide bonds. The molecule has 3 rings (SSSR count). The molecule has 0 N–H and O–H groups in total. The second kappa shape index (κ2) is 9.67. The Bertz CT molecular complexity index is 658. The fourth-order valence-electron chi connectivity index (χ4n) is 4.91. The van der Waals surface area contributed by atoms with Crippen LogP contribution >= 0.6 is 0 Å². The van der Waals surface area contributed by atoms with Crippen molar-refractivity contribution in [2.45, 2.75) is 70.6 Å². The monoisotopic (exact) mass is 394 g/mol. The van der Waals surface area contributed by atoms with Crippen LogP contribution < -0.4 is 4.74 Å². The van der Waals surface area contributed by atoms with Crippen LogP contribution in [0, 0.1) is 17.8 Å². The van der Waals surface area contributed by atoms with Crippen LogP contribution in [0.2, 0.25) is 0 Å². The van der Waals surface area contributed by atoms with Crippen LogP contribution in [0.25, 0.3) is 5.57 Å². The zero-order valence-corrected chi connectivity index (χ0v) is 16.5. The van der Waals surface area contributed by atoms with E-state index in [1.807, 2.05) is 6.08 Å². The van der Waals surface area contributed by atoms with E-state index in [1.165, 1.54) is 62.7 Å². The lowest BCUT2D eigenvalue weighted by Gasteiger charge is -2.35. The van der Waals surface area contributed by atoms with E-state index in [0.29, 0.717) is 0 Å². The van der Waals surface area contributed by atoms with Crippen LogP contribution in [0.3, 0.4) is 0 Å². The minimum atomic E-state index is -4.64. The SMILES string of the molecule is C=CCCCC1CCC(C2CC=C(c3ccc(OC(F)(F)F)cc3)CC2)CC1.[HH]. The summed E-state index contributed by atoms with van der Waals surface area (Å²) in [6.45, 7) is 3.81. The number of allylic oxidation sites excluding steroid dienone is 3. The maximum absolute atomic E-state index is 12.3. The molecule has 0 bridgehead atoms. The van der Waals surface area contributed by atoms with Crippen molar-refractivity contribution in [1.29, 1.82) is 0 Å². The third-order valence-electron chi connectivity index (χ3n) is 6.49. The Hall–Kier alpha value is -1.71. The van der Waals surface area contributed by atoms with Gasteiger partial charge in [0.15, 0.2) is 0 Å². The molecule has 0 aliphatic heterocycles. The molecule has 4 heteroatoms. The van der Waals surface area contributed by atoms with Gasteiger partial charge in [-0.3, -0.25) is 0 Å². The number of ether oxygens (including phenoxy) is 1. The summed E-state index contributed by atoms with van der Waals surface area (Å²) < 4.78 is 40.8. The van der Waals surface area contributed by atoms with E-state index in [9.17, 15) is 13.2 Å². The highest BCUT2D eigenvalue weighted by Gasteiger charge is 2.31. The Morgan fingerprint density at radius 2 is 1.75 bits per heavy atom. The molecule has 0 saturated heterocycles. The van der Waals surface area contributed by atoms with Gasteiger partial charge >= 0.3 is 6.36 Å². The van der Waals surface area contributed by atoms with Gasteiger partial charge in [0.25, 0.3) is 0 Å². The van der Waals surface area contributed by atoms with Crippen LogP contribution in [0.15, 0.2) is 43.0 Å². The summed E-state index contributed by atoms with van der Waals surface area (Å²) in [5, 5.41) is 0. The molecule has 28 heavy (non-hydrogen) atoms. The lowest BCUT2D eigenvalue weighted by molar-refractivity contribution is -0.274. The van der Waals surface area contributed by atoms with Gasteiger partial charge in [0.2, 0.25) is 0 Å². The molecule has 2 aliphatic rings. The van der Waals surface area contributed by atoms with Crippen molar-refractivity contribution in [1.82, 2.24) is 0 Å². The Morgan fingerprint density at radius 3 is 2.32 bits per heavy atom. The van der Waals surface area contributed by atoms with Gasteiger partial charge in [0.1, 0.15) is 5.75 Å². The average molecular weight is 395 g/mol. The maximum Gasteiger partial charge on any atom is 0.573 e. The first-order valence-electron chi connectivity index (χ1n) is 10.6. The second-order valence-electron chi connectivity index (χ2n) is 8.34. The van der Waals surface area contributed by atoms with E-state index in [0.717, 1.165) is 42.6 Å². The largest absolute Gasteiger partial charge is 0.573 e. The molecular formula is C24H33F3O. The minimum Gasteiger partial charge on any atom is -0.406 e. The first kappa shape index (κ1) is 21.0. The first-order chi connectivity index (χ1) is 13.4. The standard InChI is InChI=1S/C24H31F3O.H2/c1-2-3-4-5-18-6-8-19(9-7-18)20-10-12-21(13-11-20)22-14-16-23(17-15-22)28-24(25,26)27;/h2,12,14-20H,1,3-11,13H2;1H. The zero-order valence-electron chi connectivity index (χ0n) is 16.5. The number of alkyl halides is 3. The first-order valence-corrected chi connectivity index (χ1v) is 10.6. The molecule has 1 nitrogen and oxygen atoms in total. The molecule has 0 heterocycles. The van der Waals surface area contributed by atoms with Gasteiger partial charge in [-0.15, -0.1) is 19.8 Å². The van der Waals surface area contributed by atoms with E-state index in [1.54, 1.807) is 12.1 Å². The Balaban J connectivity index is 0.00000300. The average Bonchev–Trinajstić information content (AvgIpc) is 2.68. The molecule has 2 aliphatic carbocycles. The third kappa shape index (κ3) is 6.15. The quantitative estimate of drug-likeness (QED) is 0.335. The molecule has 1 atom stereocenters. The van der Waals surface area contributed by atoms with Crippen LogP contribution in [0.1, 0.15) is 71.2 Å². The smallest absolute Gasteiger partial charge is 0.406 e. The topological polar surface area (TPSA) is 9.23 Å². The Morgan fingerprint density at radius 1 is 1.04 bits per heavy atom. The zero-order chi connectivity index (χ0) is 20.0. The van der Waals surface area contributed by atoms with Crippen LogP contribution in [0.4, 0.5) is 13.2 Å². The highest BCUT2D eigenvalue weighted by molar-refractivity contribution is 5.66. The molecule has 1 aromatic rings. The Kier molecular flexibility index (Phi) is 7.25. The normalized spacial score (nSPS) is 25.8. The van der Waals surface area contributed by atoms with Gasteiger partial charge in [-0.25, -0.2) is 0 Å². The number of hydrogen-bond donors (Lipinski definition) is 0. The van der Waals surface area contributed by atoms with Gasteiger partial charge in [-0.1, -0.05) is 43.5 Å². The molecular weight excluding hydrogens is 361 g/mol. The Labute approximate surface area is 168 Å². The lowest BCUT2D eigenvalue weighted by Crippen LogP contribution is -2.23. The predicted octanol–water partition coefficient (Wildman–Crippen LogP) is 8.18. The molecule has 0 aromatic heterocycles. The number of hydrogen-bond acceptors (Lipinski definition) is 1. The van der Waals surface area contributed by atoms with Crippen molar-refractivity contribution >= 4 is 5.57 Å². The second-order valence-corrected chi connectivity index (χ2v) is 8.34. The lowest BCUT2D eigenvalue weighted by atomic mass is 9.70. The van der Waals surface area contributed by atoms with Gasteiger partial charge in [-0.2, -0.15) is 0 Å². The van der Waals surface area contributed by atoms with Crippen LogP contribution in [0.5, 0.6) is 5.75 Å². The van der Waals surface area contributed by atoms with Crippen molar-refractivity contribution in [2.24, 2.45) is 17.8 Å². The summed E-state index contributed by atoms with van der Waals surface area (Å²) in [5.41, 5.74) is 2.27.